The quantitative estimate of drug-likeness (QED) is 0.654. The number of carbonyl (C=O) groups is 1. The molecule has 2 N–H and O–H groups in total. The summed E-state index contributed by atoms with van der Waals surface area (Å²) in [6.07, 6.45) is 0. The van der Waals surface area contributed by atoms with E-state index in [1.807, 2.05) is 38.1 Å². The zero-order valence-corrected chi connectivity index (χ0v) is 16.7. The molecule has 0 aliphatic carbocycles. The van der Waals surface area contributed by atoms with Crippen LogP contribution in [0.25, 0.3) is 0 Å². The molecule has 140 valence electrons. The van der Waals surface area contributed by atoms with E-state index in [1.165, 1.54) is 11.3 Å². The average molecular weight is 401 g/mol. The van der Waals surface area contributed by atoms with E-state index in [0.29, 0.717) is 6.54 Å². The van der Waals surface area contributed by atoms with Gasteiger partial charge >= 0.3 is 0 Å². The molecule has 1 amide bonds. The second kappa shape index (κ2) is 7.94. The number of nitrogens with one attached hydrogen (secondary N) is 2. The van der Waals surface area contributed by atoms with Gasteiger partial charge in [-0.25, -0.2) is 8.42 Å². The first-order chi connectivity index (χ1) is 12.8. The Hall–Kier alpha value is -2.64. The maximum Gasteiger partial charge on any atom is 0.271 e. The summed E-state index contributed by atoms with van der Waals surface area (Å²) < 4.78 is 27.9. The first-order valence-corrected chi connectivity index (χ1v) is 10.7. The van der Waals surface area contributed by atoms with E-state index in [4.69, 9.17) is 0 Å². The van der Waals surface area contributed by atoms with E-state index in [-0.39, 0.29) is 21.4 Å². The predicted molar refractivity (Wildman–Crippen MR) is 109 cm³/mol. The molecular formula is C20H20N2O3S2. The maximum absolute atomic E-state index is 12.6. The molecule has 0 saturated carbocycles. The lowest BCUT2D eigenvalue weighted by molar-refractivity contribution is 0.0952. The Morgan fingerprint density at radius 1 is 0.963 bits per heavy atom. The third-order valence-electron chi connectivity index (χ3n) is 3.97. The van der Waals surface area contributed by atoms with Gasteiger partial charge in [-0.1, -0.05) is 42.0 Å². The molecule has 1 heterocycles. The number of amides is 1. The van der Waals surface area contributed by atoms with Crippen molar-refractivity contribution in [2.75, 3.05) is 4.72 Å². The molecule has 1 aromatic heterocycles. The van der Waals surface area contributed by atoms with Crippen LogP contribution in [0.2, 0.25) is 0 Å². The van der Waals surface area contributed by atoms with Crippen LogP contribution in [0.1, 0.15) is 26.4 Å². The molecular weight excluding hydrogens is 380 g/mol. The smallest absolute Gasteiger partial charge is 0.271 e. The van der Waals surface area contributed by atoms with Crippen LogP contribution in [0.4, 0.5) is 5.69 Å². The van der Waals surface area contributed by atoms with E-state index < -0.39 is 10.0 Å². The van der Waals surface area contributed by atoms with Crippen molar-refractivity contribution in [3.8, 4) is 0 Å². The lowest BCUT2D eigenvalue weighted by atomic mass is 10.1. The largest absolute Gasteiger partial charge is 0.348 e. The van der Waals surface area contributed by atoms with E-state index >= 15 is 0 Å². The fourth-order valence-electron chi connectivity index (χ4n) is 2.51. The Balaban J connectivity index is 1.77. The minimum absolute atomic E-state index is 0.217. The normalized spacial score (nSPS) is 11.2. The number of hydrogen-bond donors (Lipinski definition) is 2. The molecule has 0 radical (unpaired) electrons. The minimum Gasteiger partial charge on any atom is -0.348 e. The Morgan fingerprint density at radius 3 is 2.33 bits per heavy atom. The number of aryl methyl sites for hydroxylation is 2. The molecule has 0 spiro atoms. The molecule has 27 heavy (non-hydrogen) atoms. The summed E-state index contributed by atoms with van der Waals surface area (Å²) in [5.41, 5.74) is 2.65. The van der Waals surface area contributed by atoms with Crippen molar-refractivity contribution in [1.82, 2.24) is 5.32 Å². The van der Waals surface area contributed by atoms with Gasteiger partial charge in [-0.2, -0.15) is 0 Å². The highest BCUT2D eigenvalue weighted by Gasteiger charge is 2.19. The van der Waals surface area contributed by atoms with Crippen LogP contribution in [0.5, 0.6) is 0 Å². The van der Waals surface area contributed by atoms with Crippen molar-refractivity contribution in [2.24, 2.45) is 0 Å². The van der Waals surface area contributed by atoms with Crippen LogP contribution < -0.4 is 10.0 Å². The van der Waals surface area contributed by atoms with Gasteiger partial charge < -0.3 is 5.32 Å². The topological polar surface area (TPSA) is 75.3 Å². The van der Waals surface area contributed by atoms with Gasteiger partial charge in [-0.15, -0.1) is 11.3 Å². The highest BCUT2D eigenvalue weighted by atomic mass is 32.2. The van der Waals surface area contributed by atoms with Crippen LogP contribution in [-0.2, 0) is 16.6 Å². The maximum atomic E-state index is 12.6. The standard InChI is InChI=1S/C20H20N2O3S2/c1-14-7-10-16(11-8-14)13-21-20(23)17-5-3-4-6-18(17)22-27(24,25)19-12-9-15(2)26-19/h3-12,22H,13H2,1-2H3,(H,21,23). The summed E-state index contributed by atoms with van der Waals surface area (Å²) in [4.78, 5) is 13.5. The van der Waals surface area contributed by atoms with E-state index in [1.54, 1.807) is 36.4 Å². The Bertz CT molecular complexity index is 1050. The molecule has 0 bridgehead atoms. The number of hydrogen-bond acceptors (Lipinski definition) is 4. The predicted octanol–water partition coefficient (Wildman–Crippen LogP) is 4.10. The van der Waals surface area contributed by atoms with Gasteiger partial charge in [-0.3, -0.25) is 9.52 Å². The van der Waals surface area contributed by atoms with Crippen LogP contribution in [-0.4, -0.2) is 14.3 Å². The van der Waals surface area contributed by atoms with E-state index in [2.05, 4.69) is 10.0 Å². The number of thiophene rings is 1. The Kier molecular flexibility index (Phi) is 5.62. The third-order valence-corrected chi connectivity index (χ3v) is 6.83. The van der Waals surface area contributed by atoms with E-state index in [0.717, 1.165) is 16.0 Å². The van der Waals surface area contributed by atoms with Crippen molar-refractivity contribution in [3.63, 3.8) is 0 Å². The summed E-state index contributed by atoms with van der Waals surface area (Å²) in [5.74, 6) is -0.337. The molecule has 0 unspecified atom stereocenters. The van der Waals surface area contributed by atoms with Gasteiger partial charge in [0, 0.05) is 11.4 Å². The van der Waals surface area contributed by atoms with Crippen molar-refractivity contribution in [3.05, 3.63) is 82.2 Å². The highest BCUT2D eigenvalue weighted by Crippen LogP contribution is 2.25. The highest BCUT2D eigenvalue weighted by molar-refractivity contribution is 7.94. The third kappa shape index (κ3) is 4.75. The molecule has 2 aromatic carbocycles. The van der Waals surface area contributed by atoms with Crippen LogP contribution >= 0.6 is 11.3 Å². The lowest BCUT2D eigenvalue weighted by Gasteiger charge is -2.12. The molecule has 0 atom stereocenters. The number of anilines is 1. The van der Waals surface area contributed by atoms with E-state index in [9.17, 15) is 13.2 Å². The molecule has 0 saturated heterocycles. The zero-order valence-electron chi connectivity index (χ0n) is 15.0. The summed E-state index contributed by atoms with van der Waals surface area (Å²) in [6.45, 7) is 4.21. The first kappa shape index (κ1) is 19.1. The second-order valence-corrected chi connectivity index (χ2v) is 9.38. The fourth-order valence-corrected chi connectivity index (χ4v) is 4.87. The Labute approximate surface area is 163 Å². The Morgan fingerprint density at radius 2 is 1.67 bits per heavy atom. The number of para-hydroxylation sites is 1. The number of carbonyl (C=O) groups excluding carboxylic acids is 1. The SMILES string of the molecule is Cc1ccc(CNC(=O)c2ccccc2NS(=O)(=O)c2ccc(C)s2)cc1. The fraction of sp³-hybridized carbons (Fsp3) is 0.150. The molecule has 0 aliphatic rings. The summed E-state index contributed by atoms with van der Waals surface area (Å²) in [6, 6.07) is 17.7. The van der Waals surface area contributed by atoms with Gasteiger partial charge in [0.25, 0.3) is 15.9 Å². The average Bonchev–Trinajstić information content (AvgIpc) is 3.08. The minimum atomic E-state index is -3.73. The van der Waals surface area contributed by atoms with Crippen LogP contribution in [0, 0.1) is 13.8 Å². The van der Waals surface area contributed by atoms with Crippen molar-refractivity contribution in [1.29, 1.82) is 0 Å². The molecule has 7 heteroatoms. The van der Waals surface area contributed by atoms with Crippen molar-refractivity contribution >= 4 is 33.0 Å². The summed E-state index contributed by atoms with van der Waals surface area (Å²) >= 11 is 1.19. The number of benzene rings is 2. The van der Waals surface area contributed by atoms with Crippen LogP contribution in [0.15, 0.2) is 64.9 Å². The van der Waals surface area contributed by atoms with Crippen molar-refractivity contribution in [2.45, 2.75) is 24.6 Å². The number of rotatable bonds is 6. The monoisotopic (exact) mass is 400 g/mol. The molecule has 3 rings (SSSR count). The molecule has 5 nitrogen and oxygen atoms in total. The molecule has 3 aromatic rings. The molecule has 0 fully saturated rings. The van der Waals surface area contributed by atoms with Gasteiger partial charge in [0.1, 0.15) is 4.21 Å². The summed E-state index contributed by atoms with van der Waals surface area (Å²) in [5, 5.41) is 2.83. The van der Waals surface area contributed by atoms with Crippen LogP contribution in [0.3, 0.4) is 0 Å². The first-order valence-electron chi connectivity index (χ1n) is 8.37. The van der Waals surface area contributed by atoms with Gasteiger partial charge in [0.15, 0.2) is 0 Å². The van der Waals surface area contributed by atoms with Gasteiger partial charge in [-0.05, 0) is 43.7 Å². The van der Waals surface area contributed by atoms with Gasteiger partial charge in [0.05, 0.1) is 11.3 Å². The van der Waals surface area contributed by atoms with Gasteiger partial charge in [0.2, 0.25) is 0 Å². The second-order valence-electron chi connectivity index (χ2n) is 6.18. The number of sulfonamides is 1. The lowest BCUT2D eigenvalue weighted by Crippen LogP contribution is -2.24. The zero-order chi connectivity index (χ0) is 19.4. The van der Waals surface area contributed by atoms with Crippen molar-refractivity contribution < 1.29 is 13.2 Å². The summed E-state index contributed by atoms with van der Waals surface area (Å²) in [7, 11) is -3.73. The molecule has 0 aliphatic heterocycles.